The van der Waals surface area contributed by atoms with Crippen LogP contribution in [0.2, 0.25) is 0 Å². The van der Waals surface area contributed by atoms with E-state index in [2.05, 4.69) is 16.1 Å². The number of nitrogens with one attached hydrogen (secondary N) is 2. The maximum atomic E-state index is 11.7. The summed E-state index contributed by atoms with van der Waals surface area (Å²) < 4.78 is 26.2. The van der Waals surface area contributed by atoms with Crippen molar-refractivity contribution >= 4 is 15.7 Å². The molecule has 0 saturated carbocycles. The summed E-state index contributed by atoms with van der Waals surface area (Å²) in [7, 11) is -3.20. The third-order valence-electron chi connectivity index (χ3n) is 3.06. The highest BCUT2D eigenvalue weighted by Crippen LogP contribution is 2.23. The molecule has 0 fully saturated rings. The lowest BCUT2D eigenvalue weighted by Gasteiger charge is -2.26. The van der Waals surface area contributed by atoms with Crippen molar-refractivity contribution in [3.8, 4) is 6.07 Å². The fourth-order valence-electron chi connectivity index (χ4n) is 2.24. The minimum absolute atomic E-state index is 0.147. The van der Waals surface area contributed by atoms with Gasteiger partial charge in [-0.3, -0.25) is 0 Å². The largest absolute Gasteiger partial charge is 0.383 e. The molecule has 2 rings (SSSR count). The molecule has 6 heteroatoms. The summed E-state index contributed by atoms with van der Waals surface area (Å²) >= 11 is 0. The smallest absolute Gasteiger partial charge is 0.211 e. The first-order valence-electron chi connectivity index (χ1n) is 6.31. The van der Waals surface area contributed by atoms with Crippen LogP contribution < -0.4 is 10.0 Å². The van der Waals surface area contributed by atoms with Crippen molar-refractivity contribution in [3.63, 3.8) is 0 Å². The molecule has 1 aromatic carbocycles. The molecule has 1 unspecified atom stereocenters. The quantitative estimate of drug-likeness (QED) is 0.868. The monoisotopic (exact) mass is 279 g/mol. The van der Waals surface area contributed by atoms with Crippen molar-refractivity contribution in [1.82, 2.24) is 4.72 Å². The number of nitriles is 1. The Hall–Kier alpha value is -1.58. The van der Waals surface area contributed by atoms with Crippen molar-refractivity contribution in [2.24, 2.45) is 0 Å². The van der Waals surface area contributed by atoms with E-state index in [1.165, 1.54) is 0 Å². The molecule has 2 N–H and O–H groups in total. The number of rotatable bonds is 4. The van der Waals surface area contributed by atoms with Crippen LogP contribution >= 0.6 is 0 Å². The van der Waals surface area contributed by atoms with Gasteiger partial charge in [0.15, 0.2) is 0 Å². The molecule has 1 aromatic rings. The Morgan fingerprint density at radius 3 is 3.00 bits per heavy atom. The SMILES string of the molecule is CCCS(=O)(=O)NC1CNc2ccc(C#N)cc2C1. The van der Waals surface area contributed by atoms with Gasteiger partial charge in [-0.1, -0.05) is 6.92 Å². The molecule has 1 aliphatic rings. The Balaban J connectivity index is 2.11. The second-order valence-electron chi connectivity index (χ2n) is 4.70. The van der Waals surface area contributed by atoms with Gasteiger partial charge in [-0.2, -0.15) is 5.26 Å². The van der Waals surface area contributed by atoms with Crippen LogP contribution in [-0.2, 0) is 16.4 Å². The Morgan fingerprint density at radius 1 is 1.53 bits per heavy atom. The van der Waals surface area contributed by atoms with E-state index in [1.807, 2.05) is 19.1 Å². The van der Waals surface area contributed by atoms with Crippen molar-refractivity contribution in [2.75, 3.05) is 17.6 Å². The molecule has 1 aliphatic heterocycles. The summed E-state index contributed by atoms with van der Waals surface area (Å²) in [5.74, 6) is 0.147. The fourth-order valence-corrected chi connectivity index (χ4v) is 3.57. The van der Waals surface area contributed by atoms with Gasteiger partial charge in [0.05, 0.1) is 17.4 Å². The highest BCUT2D eigenvalue weighted by Gasteiger charge is 2.22. The van der Waals surface area contributed by atoms with Gasteiger partial charge in [-0.15, -0.1) is 0 Å². The maximum Gasteiger partial charge on any atom is 0.211 e. The molecule has 0 saturated heterocycles. The zero-order valence-corrected chi connectivity index (χ0v) is 11.6. The molecule has 0 aliphatic carbocycles. The summed E-state index contributed by atoms with van der Waals surface area (Å²) in [6.07, 6.45) is 1.21. The molecule has 5 nitrogen and oxygen atoms in total. The Bertz CT molecular complexity index is 605. The van der Waals surface area contributed by atoms with E-state index in [4.69, 9.17) is 5.26 Å². The van der Waals surface area contributed by atoms with E-state index in [-0.39, 0.29) is 11.8 Å². The molecule has 1 atom stereocenters. The first kappa shape index (κ1) is 13.8. The average molecular weight is 279 g/mol. The number of fused-ring (bicyclic) bond motifs is 1. The zero-order chi connectivity index (χ0) is 13.9. The number of benzene rings is 1. The first-order chi connectivity index (χ1) is 9.04. The van der Waals surface area contributed by atoms with Crippen LogP contribution in [0.15, 0.2) is 18.2 Å². The van der Waals surface area contributed by atoms with E-state index in [0.717, 1.165) is 11.3 Å². The molecule has 0 bridgehead atoms. The summed E-state index contributed by atoms with van der Waals surface area (Å²) in [6, 6.07) is 7.37. The predicted octanol–water partition coefficient (Wildman–Crippen LogP) is 1.22. The van der Waals surface area contributed by atoms with Gasteiger partial charge in [-0.25, -0.2) is 13.1 Å². The predicted molar refractivity (Wildman–Crippen MR) is 74.4 cm³/mol. The third-order valence-corrected chi connectivity index (χ3v) is 4.70. The molecule has 102 valence electrons. The van der Waals surface area contributed by atoms with Crippen LogP contribution in [0.4, 0.5) is 5.69 Å². The molecule has 0 spiro atoms. The van der Waals surface area contributed by atoms with Gasteiger partial charge in [0.2, 0.25) is 10.0 Å². The number of anilines is 1. The third kappa shape index (κ3) is 3.46. The Morgan fingerprint density at radius 2 is 2.32 bits per heavy atom. The minimum atomic E-state index is -3.20. The molecule has 0 amide bonds. The Labute approximate surface area is 113 Å². The first-order valence-corrected chi connectivity index (χ1v) is 7.96. The van der Waals surface area contributed by atoms with Crippen LogP contribution in [-0.4, -0.2) is 26.8 Å². The number of nitrogens with zero attached hydrogens (tertiary/aromatic N) is 1. The molecular formula is C13H17N3O2S. The van der Waals surface area contributed by atoms with Crippen LogP contribution in [0.1, 0.15) is 24.5 Å². The van der Waals surface area contributed by atoms with Crippen LogP contribution in [0.25, 0.3) is 0 Å². The topological polar surface area (TPSA) is 82.0 Å². The van der Waals surface area contributed by atoms with Crippen LogP contribution in [0.3, 0.4) is 0 Å². The summed E-state index contributed by atoms with van der Waals surface area (Å²) in [5, 5.41) is 12.1. The van der Waals surface area contributed by atoms with Crippen LogP contribution in [0.5, 0.6) is 0 Å². The van der Waals surface area contributed by atoms with Gasteiger partial charge in [0.25, 0.3) is 0 Å². The summed E-state index contributed by atoms with van der Waals surface area (Å²) in [6.45, 7) is 2.41. The number of hydrogen-bond acceptors (Lipinski definition) is 4. The van der Waals surface area contributed by atoms with Crippen LogP contribution in [0, 0.1) is 11.3 Å². The van der Waals surface area contributed by atoms with E-state index >= 15 is 0 Å². The highest BCUT2D eigenvalue weighted by molar-refractivity contribution is 7.89. The lowest BCUT2D eigenvalue weighted by molar-refractivity contribution is 0.547. The lowest BCUT2D eigenvalue weighted by Crippen LogP contribution is -2.44. The van der Waals surface area contributed by atoms with Gasteiger partial charge in [0.1, 0.15) is 0 Å². The Kier molecular flexibility index (Phi) is 4.08. The molecular weight excluding hydrogens is 262 g/mol. The molecule has 19 heavy (non-hydrogen) atoms. The van der Waals surface area contributed by atoms with Gasteiger partial charge in [0, 0.05) is 18.3 Å². The van der Waals surface area contributed by atoms with Crippen molar-refractivity contribution in [1.29, 1.82) is 5.26 Å². The van der Waals surface area contributed by atoms with Gasteiger partial charge < -0.3 is 5.32 Å². The van der Waals surface area contributed by atoms with Gasteiger partial charge >= 0.3 is 0 Å². The molecule has 0 aromatic heterocycles. The van der Waals surface area contributed by atoms with Crippen molar-refractivity contribution < 1.29 is 8.42 Å². The molecule has 0 radical (unpaired) electrons. The standard InChI is InChI=1S/C13H17N3O2S/c1-2-5-19(17,18)16-12-7-11-6-10(8-14)3-4-13(11)15-9-12/h3-4,6,12,15-16H,2,5,7,9H2,1H3. The van der Waals surface area contributed by atoms with E-state index < -0.39 is 10.0 Å². The lowest BCUT2D eigenvalue weighted by atomic mass is 9.98. The number of sulfonamides is 1. The van der Waals surface area contributed by atoms with E-state index in [1.54, 1.807) is 6.07 Å². The van der Waals surface area contributed by atoms with E-state index in [9.17, 15) is 8.42 Å². The van der Waals surface area contributed by atoms with Crippen molar-refractivity contribution in [2.45, 2.75) is 25.8 Å². The zero-order valence-electron chi connectivity index (χ0n) is 10.8. The average Bonchev–Trinajstić information content (AvgIpc) is 2.37. The maximum absolute atomic E-state index is 11.7. The second-order valence-corrected chi connectivity index (χ2v) is 6.58. The normalized spacial score (nSPS) is 18.2. The summed E-state index contributed by atoms with van der Waals surface area (Å²) in [5.41, 5.74) is 2.55. The minimum Gasteiger partial charge on any atom is -0.383 e. The number of hydrogen-bond donors (Lipinski definition) is 2. The second kappa shape index (κ2) is 5.59. The van der Waals surface area contributed by atoms with E-state index in [0.29, 0.717) is 24.9 Å². The van der Waals surface area contributed by atoms with Gasteiger partial charge in [-0.05, 0) is 36.6 Å². The fraction of sp³-hybridized carbons (Fsp3) is 0.462. The summed E-state index contributed by atoms with van der Waals surface area (Å²) in [4.78, 5) is 0. The highest BCUT2D eigenvalue weighted by atomic mass is 32.2. The van der Waals surface area contributed by atoms with Crippen molar-refractivity contribution in [3.05, 3.63) is 29.3 Å². The molecule has 1 heterocycles.